The number of hydrogen-bond donors (Lipinski definition) is 4. The predicted octanol–water partition coefficient (Wildman–Crippen LogP) is 2.37. The van der Waals surface area contributed by atoms with E-state index in [1.165, 1.54) is 30.3 Å². The van der Waals surface area contributed by atoms with Crippen LogP contribution < -0.4 is 5.73 Å². The fourth-order valence-corrected chi connectivity index (χ4v) is 2.68. The molecule has 8 heteroatoms. The average Bonchev–Trinajstić information content (AvgIpc) is 2.62. The van der Waals surface area contributed by atoms with Crippen LogP contribution in [0.1, 0.15) is 35.2 Å². The van der Waals surface area contributed by atoms with Gasteiger partial charge >= 0.3 is 11.9 Å². The molecule has 7 nitrogen and oxygen atoms in total. The molecule has 2 aromatic rings. The van der Waals surface area contributed by atoms with Crippen molar-refractivity contribution in [2.45, 2.75) is 31.4 Å². The van der Waals surface area contributed by atoms with Gasteiger partial charge in [-0.1, -0.05) is 6.07 Å². The second-order valence-corrected chi connectivity index (χ2v) is 6.18. The fourth-order valence-electron chi connectivity index (χ4n) is 2.68. The molecular weight excluding hydrogens is 357 g/mol. The molecule has 0 saturated carbocycles. The van der Waals surface area contributed by atoms with E-state index in [1.807, 2.05) is 0 Å². The van der Waals surface area contributed by atoms with E-state index in [4.69, 9.17) is 10.5 Å². The van der Waals surface area contributed by atoms with Gasteiger partial charge < -0.3 is 25.8 Å². The molecule has 0 amide bonds. The zero-order chi connectivity index (χ0) is 20.1. The minimum atomic E-state index is -1.32. The second-order valence-electron chi connectivity index (χ2n) is 6.18. The number of rotatable bonds is 7. The molecular formula is C19H20FNO6. The summed E-state index contributed by atoms with van der Waals surface area (Å²) in [6.45, 7) is 1.57. The number of hydrogen-bond acceptors (Lipinski definition) is 6. The van der Waals surface area contributed by atoms with Gasteiger partial charge in [0, 0.05) is 5.92 Å². The van der Waals surface area contributed by atoms with E-state index in [2.05, 4.69) is 0 Å². The lowest BCUT2D eigenvalue weighted by molar-refractivity contribution is -0.139. The maximum atomic E-state index is 12.9. The highest BCUT2D eigenvalue weighted by Gasteiger charge is 2.29. The number of aliphatic carboxylic acids is 1. The molecule has 0 saturated heterocycles. The SMILES string of the molecule is CC(CC(c1ccc(O)c(O)c1)[C@H](N)C(=O)O)OC(=O)c1ccc(F)cc1. The Labute approximate surface area is 154 Å². The summed E-state index contributed by atoms with van der Waals surface area (Å²) in [5.41, 5.74) is 6.30. The van der Waals surface area contributed by atoms with Gasteiger partial charge in [0.05, 0.1) is 5.56 Å². The highest BCUT2D eigenvalue weighted by atomic mass is 19.1. The van der Waals surface area contributed by atoms with E-state index in [0.29, 0.717) is 5.56 Å². The quantitative estimate of drug-likeness (QED) is 0.430. The van der Waals surface area contributed by atoms with Crippen LogP contribution >= 0.6 is 0 Å². The van der Waals surface area contributed by atoms with Gasteiger partial charge in [-0.05, 0) is 55.3 Å². The van der Waals surface area contributed by atoms with Gasteiger partial charge in [0.15, 0.2) is 11.5 Å². The number of phenols is 2. The summed E-state index contributed by atoms with van der Waals surface area (Å²) in [6.07, 6.45) is -0.654. The van der Waals surface area contributed by atoms with Gasteiger partial charge in [-0.2, -0.15) is 0 Å². The van der Waals surface area contributed by atoms with E-state index in [-0.39, 0.29) is 17.7 Å². The number of carboxylic acid groups (broad SMARTS) is 1. The molecule has 0 aromatic heterocycles. The number of halogens is 1. The van der Waals surface area contributed by atoms with Gasteiger partial charge in [0.25, 0.3) is 0 Å². The summed E-state index contributed by atoms with van der Waals surface area (Å²) >= 11 is 0. The molecule has 3 atom stereocenters. The minimum absolute atomic E-state index is 0.0601. The first-order valence-electron chi connectivity index (χ1n) is 8.16. The monoisotopic (exact) mass is 377 g/mol. The molecule has 0 spiro atoms. The molecule has 0 bridgehead atoms. The van der Waals surface area contributed by atoms with Crippen molar-refractivity contribution < 1.29 is 34.0 Å². The van der Waals surface area contributed by atoms with Crippen LogP contribution in [0.4, 0.5) is 4.39 Å². The van der Waals surface area contributed by atoms with Crippen LogP contribution in [0.15, 0.2) is 42.5 Å². The second kappa shape index (κ2) is 8.50. The predicted molar refractivity (Wildman–Crippen MR) is 94.0 cm³/mol. The Hall–Kier alpha value is -3.13. The molecule has 0 radical (unpaired) electrons. The summed E-state index contributed by atoms with van der Waals surface area (Å²) in [5.74, 6) is -3.98. The number of nitrogens with two attached hydrogens (primary N) is 1. The normalized spacial score (nSPS) is 14.2. The van der Waals surface area contributed by atoms with Crippen LogP contribution in [0, 0.1) is 5.82 Å². The summed E-state index contributed by atoms with van der Waals surface area (Å²) < 4.78 is 18.2. The Kier molecular flexibility index (Phi) is 6.36. The number of carbonyl (C=O) groups is 2. The van der Waals surface area contributed by atoms with Gasteiger partial charge in [-0.3, -0.25) is 4.79 Å². The molecule has 144 valence electrons. The molecule has 0 aliphatic carbocycles. The highest BCUT2D eigenvalue weighted by molar-refractivity contribution is 5.89. The van der Waals surface area contributed by atoms with Crippen molar-refractivity contribution >= 4 is 11.9 Å². The summed E-state index contributed by atoms with van der Waals surface area (Å²) in [4.78, 5) is 23.5. The lowest BCUT2D eigenvalue weighted by atomic mass is 9.87. The Bertz CT molecular complexity index is 823. The molecule has 5 N–H and O–H groups in total. The van der Waals surface area contributed by atoms with Crippen molar-refractivity contribution in [3.63, 3.8) is 0 Å². The van der Waals surface area contributed by atoms with Crippen molar-refractivity contribution in [1.29, 1.82) is 0 Å². The van der Waals surface area contributed by atoms with Gasteiger partial charge in [-0.25, -0.2) is 9.18 Å². The Morgan fingerprint density at radius 1 is 1.11 bits per heavy atom. The number of phenolic OH excluding ortho intramolecular Hbond substituents is 2. The van der Waals surface area contributed by atoms with Crippen molar-refractivity contribution in [3.8, 4) is 11.5 Å². The number of ether oxygens (including phenoxy) is 1. The van der Waals surface area contributed by atoms with Crippen molar-refractivity contribution in [2.75, 3.05) is 0 Å². The first kappa shape index (κ1) is 20.2. The Balaban J connectivity index is 2.16. The number of benzene rings is 2. The topological polar surface area (TPSA) is 130 Å². The van der Waals surface area contributed by atoms with Crippen LogP contribution in [0.25, 0.3) is 0 Å². The van der Waals surface area contributed by atoms with Crippen LogP contribution in [-0.4, -0.2) is 39.4 Å². The molecule has 2 unspecified atom stereocenters. The molecule has 0 heterocycles. The summed E-state index contributed by atoms with van der Waals surface area (Å²) in [5, 5.41) is 28.3. The van der Waals surface area contributed by atoms with E-state index in [0.717, 1.165) is 12.1 Å². The minimum Gasteiger partial charge on any atom is -0.504 e. The zero-order valence-electron chi connectivity index (χ0n) is 14.5. The van der Waals surface area contributed by atoms with Gasteiger partial charge in [0.2, 0.25) is 0 Å². The third-order valence-electron chi connectivity index (χ3n) is 4.12. The smallest absolute Gasteiger partial charge is 0.338 e. The number of carbonyl (C=O) groups excluding carboxylic acids is 1. The lowest BCUT2D eigenvalue weighted by Gasteiger charge is -2.25. The first-order chi connectivity index (χ1) is 12.7. The van der Waals surface area contributed by atoms with E-state index in [1.54, 1.807) is 6.92 Å². The number of aromatic hydroxyl groups is 2. The molecule has 27 heavy (non-hydrogen) atoms. The molecule has 0 aliphatic heterocycles. The standard InChI is InChI=1S/C19H20FNO6/c1-10(27-19(26)11-2-5-13(20)6-3-11)8-14(17(21)18(24)25)12-4-7-15(22)16(23)9-12/h2-7,9-10,14,17,22-23H,8,21H2,1H3,(H,24,25)/t10?,14?,17-/m0/s1. The maximum absolute atomic E-state index is 12.9. The van der Waals surface area contributed by atoms with Crippen molar-refractivity contribution in [3.05, 3.63) is 59.4 Å². The fraction of sp³-hybridized carbons (Fsp3) is 0.263. The number of carboxylic acids is 1. The third kappa shape index (κ3) is 5.18. The van der Waals surface area contributed by atoms with Gasteiger partial charge in [-0.15, -0.1) is 0 Å². The van der Waals surface area contributed by atoms with Crippen LogP contribution in [-0.2, 0) is 9.53 Å². The Morgan fingerprint density at radius 3 is 2.30 bits per heavy atom. The van der Waals surface area contributed by atoms with Gasteiger partial charge in [0.1, 0.15) is 18.0 Å². The third-order valence-corrected chi connectivity index (χ3v) is 4.12. The van der Waals surface area contributed by atoms with Crippen LogP contribution in [0.2, 0.25) is 0 Å². The molecule has 2 aromatic carbocycles. The average molecular weight is 377 g/mol. The van der Waals surface area contributed by atoms with E-state index >= 15 is 0 Å². The van der Waals surface area contributed by atoms with Crippen molar-refractivity contribution in [2.24, 2.45) is 5.73 Å². The number of esters is 1. The van der Waals surface area contributed by atoms with Crippen molar-refractivity contribution in [1.82, 2.24) is 0 Å². The maximum Gasteiger partial charge on any atom is 0.338 e. The lowest BCUT2D eigenvalue weighted by Crippen LogP contribution is -2.38. The molecule has 2 rings (SSSR count). The molecule has 0 aliphatic rings. The van der Waals surface area contributed by atoms with Crippen LogP contribution in [0.3, 0.4) is 0 Å². The first-order valence-corrected chi connectivity index (χ1v) is 8.16. The molecule has 0 fully saturated rings. The van der Waals surface area contributed by atoms with E-state index < -0.39 is 41.6 Å². The highest BCUT2D eigenvalue weighted by Crippen LogP contribution is 2.32. The van der Waals surface area contributed by atoms with Crippen LogP contribution in [0.5, 0.6) is 11.5 Å². The largest absolute Gasteiger partial charge is 0.504 e. The Morgan fingerprint density at radius 2 is 1.74 bits per heavy atom. The summed E-state index contributed by atoms with van der Waals surface area (Å²) in [6, 6.07) is 7.38. The summed E-state index contributed by atoms with van der Waals surface area (Å²) in [7, 11) is 0. The zero-order valence-corrected chi connectivity index (χ0v) is 14.5. The van der Waals surface area contributed by atoms with E-state index in [9.17, 15) is 29.3 Å².